The second-order valence-electron chi connectivity index (χ2n) is 7.90. The fourth-order valence-corrected chi connectivity index (χ4v) is 3.98. The van der Waals surface area contributed by atoms with E-state index in [1.807, 2.05) is 36.9 Å². The summed E-state index contributed by atoms with van der Waals surface area (Å²) in [5.41, 5.74) is 3.83. The lowest BCUT2D eigenvalue weighted by Gasteiger charge is -2.33. The number of hydrogen-bond donors (Lipinski definition) is 0. The van der Waals surface area contributed by atoms with Crippen molar-refractivity contribution in [2.24, 2.45) is 13.0 Å². The van der Waals surface area contributed by atoms with Crippen molar-refractivity contribution in [1.82, 2.24) is 19.5 Å². The van der Waals surface area contributed by atoms with Crippen LogP contribution in [0.5, 0.6) is 0 Å². The van der Waals surface area contributed by atoms with Gasteiger partial charge in [-0.05, 0) is 44.4 Å². The lowest BCUT2D eigenvalue weighted by molar-refractivity contribution is 0.0906. The fourth-order valence-electron chi connectivity index (χ4n) is 3.98. The molecule has 0 aliphatic carbocycles. The molecule has 7 nitrogen and oxygen atoms in total. The highest BCUT2D eigenvalue weighted by atomic mass is 16.1. The summed E-state index contributed by atoms with van der Waals surface area (Å²) in [5.74, 6) is 0.603. The van der Waals surface area contributed by atoms with Crippen LogP contribution in [0.15, 0.2) is 47.7 Å². The van der Waals surface area contributed by atoms with Crippen molar-refractivity contribution >= 4 is 11.7 Å². The first kappa shape index (κ1) is 19.9. The summed E-state index contributed by atoms with van der Waals surface area (Å²) in [4.78, 5) is 40.7. The number of benzene rings is 1. The molecule has 4 rings (SSSR count). The van der Waals surface area contributed by atoms with Crippen LogP contribution in [0.1, 0.15) is 34.3 Å². The first-order valence-corrected chi connectivity index (χ1v) is 10.1. The molecule has 0 spiro atoms. The summed E-state index contributed by atoms with van der Waals surface area (Å²) in [5, 5.41) is 0. The summed E-state index contributed by atoms with van der Waals surface area (Å²) in [6.07, 6.45) is 4.77. The Hall–Kier alpha value is -3.35. The van der Waals surface area contributed by atoms with E-state index in [2.05, 4.69) is 9.97 Å². The van der Waals surface area contributed by atoms with Gasteiger partial charge in [-0.15, -0.1) is 0 Å². The Bertz CT molecular complexity index is 1140. The SMILES string of the molecule is Cc1ccc(C)c(C(=O)C2CCCN(c3nc(-c4ccncn4)cc(=O)n3C)C2)c1. The quantitative estimate of drug-likeness (QED) is 0.623. The molecule has 1 atom stereocenters. The Morgan fingerprint density at radius 2 is 1.97 bits per heavy atom. The van der Waals surface area contributed by atoms with Crippen LogP contribution in [0.3, 0.4) is 0 Å². The maximum Gasteiger partial charge on any atom is 0.255 e. The van der Waals surface area contributed by atoms with Gasteiger partial charge < -0.3 is 4.90 Å². The monoisotopic (exact) mass is 403 g/mol. The van der Waals surface area contributed by atoms with Crippen LogP contribution in [0.25, 0.3) is 11.4 Å². The first-order chi connectivity index (χ1) is 14.4. The number of ketones is 1. The summed E-state index contributed by atoms with van der Waals surface area (Å²) in [6, 6.07) is 9.21. The molecule has 1 aliphatic rings. The smallest absolute Gasteiger partial charge is 0.255 e. The Morgan fingerprint density at radius 3 is 2.73 bits per heavy atom. The molecule has 0 radical (unpaired) electrons. The molecule has 1 fully saturated rings. The van der Waals surface area contributed by atoms with Gasteiger partial charge in [0.1, 0.15) is 6.33 Å². The van der Waals surface area contributed by atoms with Crippen LogP contribution < -0.4 is 10.5 Å². The minimum Gasteiger partial charge on any atom is -0.341 e. The molecule has 3 aromatic rings. The zero-order valence-corrected chi connectivity index (χ0v) is 17.5. The van der Waals surface area contributed by atoms with Crippen molar-refractivity contribution < 1.29 is 4.79 Å². The molecule has 7 heteroatoms. The number of rotatable bonds is 4. The van der Waals surface area contributed by atoms with Crippen molar-refractivity contribution in [3.63, 3.8) is 0 Å². The largest absolute Gasteiger partial charge is 0.341 e. The Labute approximate surface area is 175 Å². The number of nitrogens with zero attached hydrogens (tertiary/aromatic N) is 5. The molecule has 154 valence electrons. The fraction of sp³-hybridized carbons (Fsp3) is 0.348. The lowest BCUT2D eigenvalue weighted by Crippen LogP contribution is -2.42. The molecule has 0 saturated carbocycles. The summed E-state index contributed by atoms with van der Waals surface area (Å²) >= 11 is 0. The summed E-state index contributed by atoms with van der Waals surface area (Å²) in [7, 11) is 1.71. The van der Waals surface area contributed by atoms with Crippen LogP contribution in [-0.4, -0.2) is 38.4 Å². The maximum atomic E-state index is 13.3. The van der Waals surface area contributed by atoms with E-state index >= 15 is 0 Å². The first-order valence-electron chi connectivity index (χ1n) is 10.1. The highest BCUT2D eigenvalue weighted by molar-refractivity contribution is 5.99. The molecule has 30 heavy (non-hydrogen) atoms. The Kier molecular flexibility index (Phi) is 5.44. The van der Waals surface area contributed by atoms with Crippen molar-refractivity contribution in [2.45, 2.75) is 26.7 Å². The number of Topliss-reactive ketones (excluding diaryl/α,β-unsaturated/α-hetero) is 1. The van der Waals surface area contributed by atoms with E-state index in [-0.39, 0.29) is 17.3 Å². The van der Waals surface area contributed by atoms with E-state index in [0.717, 1.165) is 36.1 Å². The summed E-state index contributed by atoms with van der Waals surface area (Å²) < 4.78 is 1.54. The third-order valence-corrected chi connectivity index (χ3v) is 5.69. The second-order valence-corrected chi connectivity index (χ2v) is 7.90. The highest BCUT2D eigenvalue weighted by Gasteiger charge is 2.29. The van der Waals surface area contributed by atoms with E-state index in [0.29, 0.717) is 23.9 Å². The number of aromatic nitrogens is 4. The Morgan fingerprint density at radius 1 is 1.13 bits per heavy atom. The van der Waals surface area contributed by atoms with Crippen LogP contribution >= 0.6 is 0 Å². The number of piperidine rings is 1. The Balaban J connectivity index is 1.65. The van der Waals surface area contributed by atoms with Crippen LogP contribution in [-0.2, 0) is 7.05 Å². The van der Waals surface area contributed by atoms with Gasteiger partial charge in [0.15, 0.2) is 5.78 Å². The maximum absolute atomic E-state index is 13.3. The van der Waals surface area contributed by atoms with Gasteiger partial charge in [0, 0.05) is 43.9 Å². The number of carbonyl (C=O) groups excluding carboxylic acids is 1. The van der Waals surface area contributed by atoms with Gasteiger partial charge in [-0.3, -0.25) is 14.2 Å². The third kappa shape index (κ3) is 3.87. The van der Waals surface area contributed by atoms with Gasteiger partial charge >= 0.3 is 0 Å². The molecule has 1 unspecified atom stereocenters. The molecule has 0 amide bonds. The van der Waals surface area contributed by atoms with Gasteiger partial charge in [-0.25, -0.2) is 15.0 Å². The van der Waals surface area contributed by atoms with Gasteiger partial charge in [-0.2, -0.15) is 0 Å². The molecule has 1 aromatic carbocycles. The second kappa shape index (κ2) is 8.18. The minimum atomic E-state index is -0.156. The lowest BCUT2D eigenvalue weighted by atomic mass is 9.88. The molecular weight excluding hydrogens is 378 g/mol. The minimum absolute atomic E-state index is 0.126. The molecule has 2 aromatic heterocycles. The zero-order chi connectivity index (χ0) is 21.3. The van der Waals surface area contributed by atoms with Gasteiger partial charge in [0.25, 0.3) is 5.56 Å². The molecule has 0 N–H and O–H groups in total. The highest BCUT2D eigenvalue weighted by Crippen LogP contribution is 2.26. The standard InChI is InChI=1S/C23H25N5O2/c1-15-6-7-16(2)18(11-15)22(30)17-5-4-10-28(13-17)23-26-20(12-21(29)27(23)3)19-8-9-24-14-25-19/h6-9,11-12,14,17H,4-5,10,13H2,1-3H3. The van der Waals surface area contributed by atoms with Gasteiger partial charge in [0.05, 0.1) is 11.4 Å². The van der Waals surface area contributed by atoms with Gasteiger partial charge in [-0.1, -0.05) is 17.7 Å². The molecule has 0 bridgehead atoms. The van der Waals surface area contributed by atoms with Crippen molar-refractivity contribution in [3.05, 3.63) is 69.9 Å². The molecule has 3 heterocycles. The topological polar surface area (TPSA) is 81.0 Å². The number of anilines is 1. The zero-order valence-electron chi connectivity index (χ0n) is 17.5. The number of aryl methyl sites for hydroxylation is 2. The van der Waals surface area contributed by atoms with Crippen LogP contribution in [0, 0.1) is 19.8 Å². The van der Waals surface area contributed by atoms with Crippen LogP contribution in [0.2, 0.25) is 0 Å². The third-order valence-electron chi connectivity index (χ3n) is 5.69. The number of hydrogen-bond acceptors (Lipinski definition) is 6. The van der Waals surface area contributed by atoms with E-state index in [1.54, 1.807) is 19.3 Å². The molecule has 1 saturated heterocycles. The molecular formula is C23H25N5O2. The number of carbonyl (C=O) groups is 1. The average Bonchev–Trinajstić information content (AvgIpc) is 2.77. The van der Waals surface area contributed by atoms with Crippen molar-refractivity contribution in [3.8, 4) is 11.4 Å². The van der Waals surface area contributed by atoms with E-state index in [4.69, 9.17) is 4.98 Å². The predicted molar refractivity (Wildman–Crippen MR) is 116 cm³/mol. The van der Waals surface area contributed by atoms with E-state index in [9.17, 15) is 9.59 Å². The predicted octanol–water partition coefficient (Wildman–Crippen LogP) is 2.95. The van der Waals surface area contributed by atoms with Gasteiger partial charge in [0.2, 0.25) is 5.95 Å². The summed E-state index contributed by atoms with van der Waals surface area (Å²) in [6.45, 7) is 5.27. The van der Waals surface area contributed by atoms with Crippen LogP contribution in [0.4, 0.5) is 5.95 Å². The van der Waals surface area contributed by atoms with E-state index in [1.165, 1.54) is 17.0 Å². The van der Waals surface area contributed by atoms with E-state index < -0.39 is 0 Å². The van der Waals surface area contributed by atoms with Crippen molar-refractivity contribution in [1.29, 1.82) is 0 Å². The average molecular weight is 403 g/mol. The van der Waals surface area contributed by atoms with Crippen molar-refractivity contribution in [2.75, 3.05) is 18.0 Å². The normalized spacial score (nSPS) is 16.5. The molecule has 1 aliphatic heterocycles.